The number of aromatic amines is 1. The van der Waals surface area contributed by atoms with E-state index in [4.69, 9.17) is 0 Å². The Morgan fingerprint density at radius 2 is 1.69 bits per heavy atom. The van der Waals surface area contributed by atoms with Gasteiger partial charge in [-0.2, -0.15) is 0 Å². The summed E-state index contributed by atoms with van der Waals surface area (Å²) in [6.45, 7) is 6.58. The third kappa shape index (κ3) is 10.8. The van der Waals surface area contributed by atoms with Crippen LogP contribution < -0.4 is 21.3 Å². The van der Waals surface area contributed by atoms with E-state index in [-0.39, 0.29) is 74.4 Å². The molecule has 2 aromatic heterocycles. The largest absolute Gasteiger partial charge is 0.361 e. The Labute approximate surface area is 325 Å². The van der Waals surface area contributed by atoms with Gasteiger partial charge in [0.15, 0.2) is 0 Å². The van der Waals surface area contributed by atoms with Gasteiger partial charge >= 0.3 is 0 Å². The van der Waals surface area contributed by atoms with Crippen molar-refractivity contribution in [1.82, 2.24) is 45.9 Å². The number of H-pyrrole nitrogens is 1. The number of piperidine rings is 1. The predicted molar refractivity (Wildman–Crippen MR) is 208 cm³/mol. The Morgan fingerprint density at radius 3 is 2.41 bits per heavy atom. The van der Waals surface area contributed by atoms with E-state index in [9.17, 15) is 28.8 Å². The van der Waals surface area contributed by atoms with Gasteiger partial charge in [0.05, 0.1) is 25.0 Å². The molecule has 1 aromatic carbocycles. The minimum Gasteiger partial charge on any atom is -0.361 e. The van der Waals surface area contributed by atoms with E-state index >= 15 is 0 Å². The van der Waals surface area contributed by atoms with Crippen molar-refractivity contribution in [3.63, 3.8) is 0 Å². The van der Waals surface area contributed by atoms with Gasteiger partial charge in [0.2, 0.25) is 29.5 Å². The molecule has 5 rings (SSSR count). The molecule has 0 saturated carbocycles. The molecule has 294 valence electrons. The third-order valence-electron chi connectivity index (χ3n) is 9.68. The average Bonchev–Trinajstić information content (AvgIpc) is 3.79. The smallest absolute Gasteiger partial charge is 0.271 e. The van der Waals surface area contributed by atoms with Gasteiger partial charge in [-0.25, -0.2) is 4.98 Å². The van der Waals surface area contributed by atoms with Gasteiger partial charge in [-0.15, -0.1) is 23.7 Å². The number of para-hydroxylation sites is 1. The molecule has 15 nitrogen and oxygen atoms in total. The van der Waals surface area contributed by atoms with Gasteiger partial charge in [-0.05, 0) is 50.3 Å². The van der Waals surface area contributed by atoms with Crippen molar-refractivity contribution < 1.29 is 28.8 Å². The lowest BCUT2D eigenvalue weighted by molar-refractivity contribution is -0.141. The zero-order valence-corrected chi connectivity index (χ0v) is 33.1. The lowest BCUT2D eigenvalue weighted by atomic mass is 9.98. The molecule has 3 aromatic rings. The second-order valence-electron chi connectivity index (χ2n) is 14.5. The molecule has 2 aliphatic heterocycles. The molecular weight excluding hydrogens is 734 g/mol. The summed E-state index contributed by atoms with van der Waals surface area (Å²) >= 11 is 1.23. The van der Waals surface area contributed by atoms with E-state index in [1.54, 1.807) is 25.5 Å². The number of nitrogens with zero attached hydrogens (tertiary/aromatic N) is 4. The van der Waals surface area contributed by atoms with Crippen molar-refractivity contribution >= 4 is 70.1 Å². The Morgan fingerprint density at radius 1 is 0.944 bits per heavy atom. The molecular formula is C37H52ClN9O6S. The molecule has 17 heteroatoms. The number of benzene rings is 1. The molecule has 54 heavy (non-hydrogen) atoms. The van der Waals surface area contributed by atoms with Gasteiger partial charge < -0.3 is 41.0 Å². The van der Waals surface area contributed by atoms with Crippen LogP contribution in [0.3, 0.4) is 0 Å². The highest BCUT2D eigenvalue weighted by atomic mass is 35.5. The summed E-state index contributed by atoms with van der Waals surface area (Å²) in [5.74, 6) is -2.72. The van der Waals surface area contributed by atoms with E-state index in [1.807, 2.05) is 38.1 Å². The molecule has 0 radical (unpaired) electrons. The van der Waals surface area contributed by atoms with Gasteiger partial charge in [0.1, 0.15) is 22.8 Å². The Bertz CT molecular complexity index is 1810. The number of hydrogen-bond acceptors (Lipinski definition) is 9. The lowest BCUT2D eigenvalue weighted by Gasteiger charge is -2.31. The highest BCUT2D eigenvalue weighted by Gasteiger charge is 2.32. The standard InChI is InChI=1S/C37H51N9O6S.ClH/c1-22(2)15-28-34-43-30(21-53-34)33(49)42-29(16-25-18-39-27-11-7-6-10-26(25)27)37(52)45(5)19-31(47)40-23(3)35(50)44(4)13-14-46(20-32(48)41-28)36(51)24-9-8-12-38-17-24;/h6-7,10-11,18,21-24,28-29,38-39H,8-9,12-17,19-20H2,1-5H3,(H,40,47)(H,41,48)(H,42,49);1H/t23-,24-,28-,29+;/m0./s1. The van der Waals surface area contributed by atoms with Crippen molar-refractivity contribution in [3.05, 3.63) is 52.1 Å². The van der Waals surface area contributed by atoms with Crippen LogP contribution in [0, 0.1) is 11.8 Å². The fourth-order valence-electron chi connectivity index (χ4n) is 6.82. The summed E-state index contributed by atoms with van der Waals surface area (Å²) in [4.78, 5) is 93.5. The molecule has 2 bridgehead atoms. The molecule has 0 aliphatic carbocycles. The second kappa shape index (κ2) is 19.2. The van der Waals surface area contributed by atoms with E-state index in [2.05, 4.69) is 31.2 Å². The minimum atomic E-state index is -1.06. The highest BCUT2D eigenvalue weighted by molar-refractivity contribution is 7.09. The van der Waals surface area contributed by atoms with Crippen LogP contribution in [0.25, 0.3) is 10.9 Å². The van der Waals surface area contributed by atoms with E-state index in [1.165, 1.54) is 33.1 Å². The highest BCUT2D eigenvalue weighted by Crippen LogP contribution is 2.26. The molecule has 0 unspecified atom stereocenters. The Balaban J connectivity index is 0.00000650. The average molecular weight is 786 g/mol. The Kier molecular flexibility index (Phi) is 15.0. The molecule has 1 fully saturated rings. The zero-order valence-electron chi connectivity index (χ0n) is 31.5. The SMILES string of the molecule is CC(C)C[C@@H]1NC(=O)CN(C(=O)[C@H]2CCCNC2)CCN(C)C(=O)[C@H](C)NC(=O)CN(C)C(=O)[C@@H](Cc2c[nH]c3ccccc23)NC(=O)c2csc1n2.Cl. The van der Waals surface area contributed by atoms with Crippen LogP contribution in [0.5, 0.6) is 0 Å². The number of fused-ring (bicyclic) bond motifs is 3. The van der Waals surface area contributed by atoms with E-state index in [0.29, 0.717) is 24.4 Å². The topological polar surface area (TPSA) is 189 Å². The number of likely N-dealkylation sites (N-methyl/N-ethyl adjacent to an activating group) is 2. The molecule has 4 heterocycles. The first-order valence-corrected chi connectivity index (χ1v) is 19.1. The monoisotopic (exact) mass is 785 g/mol. The van der Waals surface area contributed by atoms with Crippen LogP contribution in [0.1, 0.15) is 67.1 Å². The first-order chi connectivity index (χ1) is 25.3. The minimum absolute atomic E-state index is 0. The maximum atomic E-state index is 13.9. The lowest BCUT2D eigenvalue weighted by Crippen LogP contribution is -2.53. The second-order valence-corrected chi connectivity index (χ2v) is 15.3. The van der Waals surface area contributed by atoms with Crippen molar-refractivity contribution in [2.24, 2.45) is 11.8 Å². The van der Waals surface area contributed by atoms with Crippen LogP contribution in [0.4, 0.5) is 0 Å². The van der Waals surface area contributed by atoms with Crippen LogP contribution >= 0.6 is 23.7 Å². The summed E-state index contributed by atoms with van der Waals surface area (Å²) in [6.07, 6.45) is 3.99. The predicted octanol–water partition coefficient (Wildman–Crippen LogP) is 1.85. The van der Waals surface area contributed by atoms with Crippen LogP contribution in [-0.4, -0.2) is 126 Å². The van der Waals surface area contributed by atoms with E-state index in [0.717, 1.165) is 29.4 Å². The Hall–Kier alpha value is -4.54. The van der Waals surface area contributed by atoms with Gasteiger partial charge in [0.25, 0.3) is 5.91 Å². The molecule has 4 atom stereocenters. The molecule has 0 spiro atoms. The number of halogens is 1. The molecule has 1 saturated heterocycles. The fourth-order valence-corrected chi connectivity index (χ4v) is 7.68. The van der Waals surface area contributed by atoms with Crippen molar-refractivity contribution in [2.75, 3.05) is 53.4 Å². The summed E-state index contributed by atoms with van der Waals surface area (Å²) in [5, 5.41) is 14.8. The van der Waals surface area contributed by atoms with Gasteiger partial charge in [0, 0.05) is 62.6 Å². The summed E-state index contributed by atoms with van der Waals surface area (Å²) < 4.78 is 0. The molecule has 2 aliphatic rings. The van der Waals surface area contributed by atoms with Gasteiger partial charge in [-0.3, -0.25) is 28.8 Å². The normalized spacial score (nSPS) is 23.0. The number of nitrogens with one attached hydrogen (secondary N) is 5. The quantitative estimate of drug-likeness (QED) is 0.259. The first-order valence-electron chi connectivity index (χ1n) is 18.2. The summed E-state index contributed by atoms with van der Waals surface area (Å²) in [6, 6.07) is 5.10. The third-order valence-corrected chi connectivity index (χ3v) is 10.6. The van der Waals surface area contributed by atoms with Crippen LogP contribution in [0.2, 0.25) is 0 Å². The molecule has 6 amide bonds. The number of rotatable bonds is 5. The van der Waals surface area contributed by atoms with Gasteiger partial charge in [-0.1, -0.05) is 32.0 Å². The first kappa shape index (κ1) is 42.2. The maximum absolute atomic E-state index is 13.9. The summed E-state index contributed by atoms with van der Waals surface area (Å²) in [5.41, 5.74) is 1.77. The number of carbonyl (C=O) groups is 6. The fraction of sp³-hybridized carbons (Fsp3) is 0.541. The number of thiazole rings is 1. The van der Waals surface area contributed by atoms with Crippen molar-refractivity contribution in [3.8, 4) is 0 Å². The maximum Gasteiger partial charge on any atom is 0.271 e. The number of amides is 6. The van der Waals surface area contributed by atoms with Crippen LogP contribution in [0.15, 0.2) is 35.8 Å². The van der Waals surface area contributed by atoms with Crippen LogP contribution in [-0.2, 0) is 30.4 Å². The number of hydrogen-bond donors (Lipinski definition) is 5. The summed E-state index contributed by atoms with van der Waals surface area (Å²) in [7, 11) is 3.05. The number of carbonyl (C=O) groups excluding carboxylic acids is 6. The van der Waals surface area contributed by atoms with E-state index < -0.39 is 41.8 Å². The van der Waals surface area contributed by atoms with Crippen molar-refractivity contribution in [1.29, 1.82) is 0 Å². The molecule has 5 N–H and O–H groups in total. The zero-order chi connectivity index (χ0) is 38.2. The number of aromatic nitrogens is 2. The van der Waals surface area contributed by atoms with Crippen molar-refractivity contribution in [2.45, 2.75) is 64.6 Å².